The van der Waals surface area contributed by atoms with Crippen LogP contribution in [0.1, 0.15) is 51.5 Å². The van der Waals surface area contributed by atoms with Crippen molar-refractivity contribution >= 4 is 5.91 Å². The monoisotopic (exact) mass is 318 g/mol. The Hall–Kier alpha value is -1.36. The highest BCUT2D eigenvalue weighted by molar-refractivity contribution is 5.80. The number of hydrogen-bond donors (Lipinski definition) is 2. The van der Waals surface area contributed by atoms with Gasteiger partial charge in [-0.05, 0) is 36.2 Å². The zero-order chi connectivity index (χ0) is 16.6. The molecule has 0 spiro atoms. The van der Waals surface area contributed by atoms with Gasteiger partial charge in [-0.15, -0.1) is 0 Å². The molecule has 1 aliphatic heterocycles. The SMILES string of the molecule is CC1CC(C)(C)CCC1NC(=O)[C@H]1CNC[C@@H]1c1cnn(C)c1. The van der Waals surface area contributed by atoms with Crippen LogP contribution in [0.15, 0.2) is 12.4 Å². The van der Waals surface area contributed by atoms with E-state index in [2.05, 4.69) is 36.5 Å². The van der Waals surface area contributed by atoms with Crippen molar-refractivity contribution in [2.45, 2.75) is 52.0 Å². The maximum atomic E-state index is 12.8. The second-order valence-electron chi connectivity index (χ2n) is 8.32. The van der Waals surface area contributed by atoms with Crippen LogP contribution in [0.5, 0.6) is 0 Å². The van der Waals surface area contributed by atoms with Crippen molar-refractivity contribution in [3.8, 4) is 0 Å². The fourth-order valence-electron chi connectivity index (χ4n) is 4.39. The normalized spacial score (nSPS) is 33.6. The van der Waals surface area contributed by atoms with E-state index in [1.807, 2.05) is 24.1 Å². The molecular weight excluding hydrogens is 288 g/mol. The standard InChI is InChI=1S/C18H30N4O/c1-12-7-18(2,3)6-5-16(12)21-17(23)15-10-19-9-14(15)13-8-20-22(4)11-13/h8,11-12,14-16,19H,5-7,9-10H2,1-4H3,(H,21,23)/t12?,14-,15+,16?/m1/s1. The van der Waals surface area contributed by atoms with Gasteiger partial charge in [0.2, 0.25) is 5.91 Å². The fourth-order valence-corrected chi connectivity index (χ4v) is 4.39. The first-order valence-electron chi connectivity index (χ1n) is 8.85. The molecule has 0 bridgehead atoms. The Morgan fingerprint density at radius 2 is 2.22 bits per heavy atom. The highest BCUT2D eigenvalue weighted by Gasteiger charge is 2.38. The number of rotatable bonds is 3. The molecule has 1 aromatic heterocycles. The quantitative estimate of drug-likeness (QED) is 0.897. The Labute approximate surface area is 139 Å². The molecule has 2 unspecified atom stereocenters. The van der Waals surface area contributed by atoms with E-state index < -0.39 is 0 Å². The third-order valence-electron chi connectivity index (χ3n) is 5.73. The van der Waals surface area contributed by atoms with Crippen LogP contribution in [-0.2, 0) is 11.8 Å². The summed E-state index contributed by atoms with van der Waals surface area (Å²) in [5.74, 6) is 1.01. The second kappa shape index (κ2) is 6.27. The van der Waals surface area contributed by atoms with Crippen molar-refractivity contribution in [2.75, 3.05) is 13.1 Å². The van der Waals surface area contributed by atoms with Crippen molar-refractivity contribution in [1.29, 1.82) is 0 Å². The van der Waals surface area contributed by atoms with Gasteiger partial charge in [0, 0.05) is 38.3 Å². The van der Waals surface area contributed by atoms with E-state index in [1.165, 1.54) is 12.8 Å². The molecule has 1 aromatic rings. The zero-order valence-corrected chi connectivity index (χ0v) is 14.8. The molecule has 1 aliphatic carbocycles. The van der Waals surface area contributed by atoms with Crippen molar-refractivity contribution in [3.63, 3.8) is 0 Å². The van der Waals surface area contributed by atoms with Gasteiger partial charge in [-0.25, -0.2) is 0 Å². The summed E-state index contributed by atoms with van der Waals surface area (Å²) in [7, 11) is 1.92. The van der Waals surface area contributed by atoms with Crippen LogP contribution in [0.2, 0.25) is 0 Å². The van der Waals surface area contributed by atoms with Crippen LogP contribution in [0, 0.1) is 17.3 Å². The minimum Gasteiger partial charge on any atom is -0.353 e. The van der Waals surface area contributed by atoms with E-state index in [1.54, 1.807) is 0 Å². The molecule has 5 heteroatoms. The largest absolute Gasteiger partial charge is 0.353 e. The number of carbonyl (C=O) groups is 1. The topological polar surface area (TPSA) is 59.0 Å². The molecule has 5 nitrogen and oxygen atoms in total. The van der Waals surface area contributed by atoms with Gasteiger partial charge in [0.1, 0.15) is 0 Å². The Kier molecular flexibility index (Phi) is 4.50. The Balaban J connectivity index is 1.63. The summed E-state index contributed by atoms with van der Waals surface area (Å²) in [6.07, 6.45) is 7.40. The van der Waals surface area contributed by atoms with Crippen LogP contribution < -0.4 is 10.6 Å². The van der Waals surface area contributed by atoms with Crippen molar-refractivity contribution in [1.82, 2.24) is 20.4 Å². The average Bonchev–Trinajstić information content (AvgIpc) is 3.09. The lowest BCUT2D eigenvalue weighted by Crippen LogP contribution is -2.47. The van der Waals surface area contributed by atoms with Crippen LogP contribution in [0.3, 0.4) is 0 Å². The molecule has 2 N–H and O–H groups in total. The second-order valence-corrected chi connectivity index (χ2v) is 8.32. The van der Waals surface area contributed by atoms with Gasteiger partial charge in [0.15, 0.2) is 0 Å². The molecule has 3 rings (SSSR count). The lowest BCUT2D eigenvalue weighted by molar-refractivity contribution is -0.126. The highest BCUT2D eigenvalue weighted by Crippen LogP contribution is 2.38. The van der Waals surface area contributed by atoms with Crippen LogP contribution in [-0.4, -0.2) is 34.8 Å². The molecular formula is C18H30N4O. The summed E-state index contributed by atoms with van der Waals surface area (Å²) in [6.45, 7) is 8.56. The van der Waals surface area contributed by atoms with Crippen LogP contribution in [0.25, 0.3) is 0 Å². The molecule has 1 amide bonds. The first kappa shape index (κ1) is 16.5. The smallest absolute Gasteiger partial charge is 0.225 e. The summed E-state index contributed by atoms with van der Waals surface area (Å²) in [6, 6.07) is 0.325. The first-order chi connectivity index (χ1) is 10.9. The Morgan fingerprint density at radius 1 is 1.43 bits per heavy atom. The van der Waals surface area contributed by atoms with Gasteiger partial charge < -0.3 is 10.6 Å². The molecule has 128 valence electrons. The van der Waals surface area contributed by atoms with Gasteiger partial charge in [-0.2, -0.15) is 5.10 Å². The number of nitrogens with zero attached hydrogens (tertiary/aromatic N) is 2. The van der Waals surface area contributed by atoms with E-state index >= 15 is 0 Å². The van der Waals surface area contributed by atoms with Crippen LogP contribution in [0.4, 0.5) is 0 Å². The van der Waals surface area contributed by atoms with E-state index in [0.717, 1.165) is 25.1 Å². The van der Waals surface area contributed by atoms with Gasteiger partial charge in [0.25, 0.3) is 0 Å². The number of aromatic nitrogens is 2. The maximum absolute atomic E-state index is 12.8. The number of carbonyl (C=O) groups excluding carboxylic acids is 1. The maximum Gasteiger partial charge on any atom is 0.225 e. The highest BCUT2D eigenvalue weighted by atomic mass is 16.2. The first-order valence-corrected chi connectivity index (χ1v) is 8.85. The molecule has 0 aromatic carbocycles. The van der Waals surface area contributed by atoms with Crippen molar-refractivity contribution in [3.05, 3.63) is 18.0 Å². The van der Waals surface area contributed by atoms with Crippen molar-refractivity contribution < 1.29 is 4.79 Å². The van der Waals surface area contributed by atoms with E-state index in [4.69, 9.17) is 0 Å². The Bertz CT molecular complexity index is 565. The fraction of sp³-hybridized carbons (Fsp3) is 0.778. The molecule has 0 radical (unpaired) electrons. The minimum absolute atomic E-state index is 0.0151. The predicted molar refractivity (Wildman–Crippen MR) is 91.0 cm³/mol. The molecule has 2 fully saturated rings. The molecule has 1 saturated carbocycles. The summed E-state index contributed by atoms with van der Waals surface area (Å²) in [5, 5.41) is 11.0. The molecule has 23 heavy (non-hydrogen) atoms. The molecule has 2 aliphatic rings. The van der Waals surface area contributed by atoms with Gasteiger partial charge >= 0.3 is 0 Å². The summed E-state index contributed by atoms with van der Waals surface area (Å²) >= 11 is 0. The summed E-state index contributed by atoms with van der Waals surface area (Å²) in [5.41, 5.74) is 1.57. The number of amides is 1. The summed E-state index contributed by atoms with van der Waals surface area (Å²) < 4.78 is 1.81. The van der Waals surface area contributed by atoms with E-state index in [-0.39, 0.29) is 17.7 Å². The summed E-state index contributed by atoms with van der Waals surface area (Å²) in [4.78, 5) is 12.8. The third kappa shape index (κ3) is 3.60. The number of aryl methyl sites for hydroxylation is 1. The third-order valence-corrected chi connectivity index (χ3v) is 5.73. The van der Waals surface area contributed by atoms with Gasteiger partial charge in [-0.1, -0.05) is 20.8 Å². The number of hydrogen-bond acceptors (Lipinski definition) is 3. The molecule has 4 atom stereocenters. The van der Waals surface area contributed by atoms with E-state index in [0.29, 0.717) is 17.4 Å². The average molecular weight is 318 g/mol. The molecule has 1 saturated heterocycles. The predicted octanol–water partition coefficient (Wildman–Crippen LogP) is 2.05. The Morgan fingerprint density at radius 3 is 2.87 bits per heavy atom. The lowest BCUT2D eigenvalue weighted by atomic mass is 9.70. The minimum atomic E-state index is 0.0151. The number of nitrogens with one attached hydrogen (secondary N) is 2. The van der Waals surface area contributed by atoms with Crippen LogP contribution >= 0.6 is 0 Å². The molecule has 2 heterocycles. The zero-order valence-electron chi connectivity index (χ0n) is 14.8. The van der Waals surface area contributed by atoms with Crippen molar-refractivity contribution in [2.24, 2.45) is 24.3 Å². The van der Waals surface area contributed by atoms with E-state index in [9.17, 15) is 4.79 Å². The van der Waals surface area contributed by atoms with Gasteiger partial charge in [0.05, 0.1) is 12.1 Å². The van der Waals surface area contributed by atoms with Gasteiger partial charge in [-0.3, -0.25) is 9.48 Å². The lowest BCUT2D eigenvalue weighted by Gasteiger charge is -2.40.